The second kappa shape index (κ2) is 3.98. The molecule has 2 aromatic carbocycles. The van der Waals surface area contributed by atoms with Gasteiger partial charge < -0.3 is 9.84 Å². The van der Waals surface area contributed by atoms with E-state index < -0.39 is 0 Å². The van der Waals surface area contributed by atoms with E-state index in [1.54, 1.807) is 12.1 Å². The Morgan fingerprint density at radius 2 is 1.71 bits per heavy atom. The second-order valence-electron chi connectivity index (χ2n) is 4.01. The Labute approximate surface area is 99.8 Å². The molecule has 84 valence electrons. The van der Waals surface area contributed by atoms with Crippen molar-refractivity contribution in [2.75, 3.05) is 6.61 Å². The summed E-state index contributed by atoms with van der Waals surface area (Å²) < 4.78 is 5.57. The van der Waals surface area contributed by atoms with Crippen molar-refractivity contribution in [3.8, 4) is 22.6 Å². The van der Waals surface area contributed by atoms with E-state index >= 15 is 0 Å². The number of ether oxygens (including phenoxy) is 1. The third-order valence-electron chi connectivity index (χ3n) is 2.85. The molecule has 1 aliphatic rings. The van der Waals surface area contributed by atoms with Gasteiger partial charge in [-0.2, -0.15) is 0 Å². The lowest BCUT2D eigenvalue weighted by Crippen LogP contribution is -1.99. The Balaban J connectivity index is 2.04. The van der Waals surface area contributed by atoms with Gasteiger partial charge in [-0.3, -0.25) is 0 Å². The molecule has 0 unspecified atom stereocenters. The molecular weight excluding hydrogens is 212 g/mol. The lowest BCUT2D eigenvalue weighted by molar-refractivity contribution is 0.359. The molecule has 0 atom stereocenters. The number of fused-ring (bicyclic) bond motifs is 1. The fourth-order valence-electron chi connectivity index (χ4n) is 1.94. The van der Waals surface area contributed by atoms with Gasteiger partial charge in [-0.1, -0.05) is 30.3 Å². The van der Waals surface area contributed by atoms with Crippen LogP contribution in [0.1, 0.15) is 5.56 Å². The van der Waals surface area contributed by atoms with Gasteiger partial charge >= 0.3 is 0 Å². The largest absolute Gasteiger partial charge is 0.508 e. The predicted octanol–water partition coefficient (Wildman–Crippen LogP) is 3.46. The van der Waals surface area contributed by atoms with Crippen LogP contribution in [0.4, 0.5) is 0 Å². The highest BCUT2D eigenvalue weighted by atomic mass is 16.5. The van der Waals surface area contributed by atoms with Gasteiger partial charge in [0.15, 0.2) is 0 Å². The maximum Gasteiger partial charge on any atom is 0.127 e. The summed E-state index contributed by atoms with van der Waals surface area (Å²) in [5, 5.41) is 9.26. The average Bonchev–Trinajstić information content (AvgIpc) is 2.39. The molecule has 2 nitrogen and oxygen atoms in total. The van der Waals surface area contributed by atoms with Gasteiger partial charge in [0.1, 0.15) is 18.1 Å². The molecule has 0 saturated carbocycles. The number of hydrogen-bond acceptors (Lipinski definition) is 2. The molecule has 2 aromatic rings. The number of phenols is 1. The quantitative estimate of drug-likeness (QED) is 0.803. The van der Waals surface area contributed by atoms with Crippen LogP contribution in [-0.4, -0.2) is 11.7 Å². The van der Waals surface area contributed by atoms with E-state index in [9.17, 15) is 5.11 Å². The summed E-state index contributed by atoms with van der Waals surface area (Å²) in [5.41, 5.74) is 3.28. The van der Waals surface area contributed by atoms with Crippen molar-refractivity contribution in [1.82, 2.24) is 0 Å². The van der Waals surface area contributed by atoms with Crippen molar-refractivity contribution in [2.45, 2.75) is 0 Å². The second-order valence-corrected chi connectivity index (χ2v) is 4.01. The maximum absolute atomic E-state index is 9.26. The van der Waals surface area contributed by atoms with Crippen molar-refractivity contribution in [3.05, 3.63) is 54.1 Å². The Morgan fingerprint density at radius 3 is 2.53 bits per heavy atom. The zero-order valence-electron chi connectivity index (χ0n) is 9.26. The number of phenolic OH excluding ortho intramolecular Hbond substituents is 1. The zero-order chi connectivity index (χ0) is 11.7. The summed E-state index contributed by atoms with van der Waals surface area (Å²) >= 11 is 0. The van der Waals surface area contributed by atoms with Gasteiger partial charge in [-0.15, -0.1) is 0 Å². The maximum atomic E-state index is 9.26. The van der Waals surface area contributed by atoms with Crippen LogP contribution in [0.2, 0.25) is 0 Å². The minimum Gasteiger partial charge on any atom is -0.508 e. The van der Waals surface area contributed by atoms with E-state index in [0.717, 1.165) is 22.4 Å². The molecule has 0 radical (unpaired) electrons. The summed E-state index contributed by atoms with van der Waals surface area (Å²) in [4.78, 5) is 0. The lowest BCUT2D eigenvalue weighted by atomic mass is 10.0. The standard InChI is InChI=1S/C15H12O2/c16-14-7-5-11(6-8-14)13-4-3-12-2-1-9-17-15(12)10-13/h1-8,10,16H,9H2. The van der Waals surface area contributed by atoms with Gasteiger partial charge in [0, 0.05) is 5.56 Å². The van der Waals surface area contributed by atoms with E-state index in [0.29, 0.717) is 6.61 Å². The Hall–Kier alpha value is -2.22. The van der Waals surface area contributed by atoms with Gasteiger partial charge in [-0.05, 0) is 35.4 Å². The van der Waals surface area contributed by atoms with Crippen LogP contribution in [0.3, 0.4) is 0 Å². The molecular formula is C15H12O2. The Bertz CT molecular complexity index is 568. The molecule has 0 aliphatic carbocycles. The van der Waals surface area contributed by atoms with Crippen LogP contribution >= 0.6 is 0 Å². The number of benzene rings is 2. The summed E-state index contributed by atoms with van der Waals surface area (Å²) in [7, 11) is 0. The van der Waals surface area contributed by atoms with Crippen LogP contribution < -0.4 is 4.74 Å². The van der Waals surface area contributed by atoms with E-state index in [1.165, 1.54) is 0 Å². The third kappa shape index (κ3) is 1.89. The van der Waals surface area contributed by atoms with Crippen LogP contribution in [-0.2, 0) is 0 Å². The number of rotatable bonds is 1. The molecule has 3 rings (SSSR count). The zero-order valence-corrected chi connectivity index (χ0v) is 9.26. The molecule has 1 heterocycles. The van der Waals surface area contributed by atoms with E-state index in [1.807, 2.05) is 30.3 Å². The summed E-state index contributed by atoms with van der Waals surface area (Å²) in [5.74, 6) is 1.20. The smallest absolute Gasteiger partial charge is 0.127 e. The fourth-order valence-corrected chi connectivity index (χ4v) is 1.94. The molecule has 0 amide bonds. The molecule has 17 heavy (non-hydrogen) atoms. The van der Waals surface area contributed by atoms with Gasteiger partial charge in [0.2, 0.25) is 0 Å². The van der Waals surface area contributed by atoms with Crippen LogP contribution in [0.15, 0.2) is 48.5 Å². The topological polar surface area (TPSA) is 29.5 Å². The number of aromatic hydroxyl groups is 1. The first-order valence-electron chi connectivity index (χ1n) is 5.56. The minimum atomic E-state index is 0.283. The van der Waals surface area contributed by atoms with Crippen LogP contribution in [0.25, 0.3) is 17.2 Å². The van der Waals surface area contributed by atoms with E-state index in [-0.39, 0.29) is 5.75 Å². The first-order valence-corrected chi connectivity index (χ1v) is 5.56. The highest BCUT2D eigenvalue weighted by Crippen LogP contribution is 2.30. The number of hydrogen-bond donors (Lipinski definition) is 1. The molecule has 0 aromatic heterocycles. The summed E-state index contributed by atoms with van der Waals surface area (Å²) in [6.07, 6.45) is 4.07. The molecule has 1 N–H and O–H groups in total. The van der Waals surface area contributed by atoms with Gasteiger partial charge in [0.25, 0.3) is 0 Å². The normalized spacial score (nSPS) is 12.9. The van der Waals surface area contributed by atoms with E-state index in [2.05, 4.69) is 12.1 Å². The first-order chi connectivity index (χ1) is 8.33. The molecule has 1 aliphatic heterocycles. The van der Waals surface area contributed by atoms with Crippen LogP contribution in [0.5, 0.6) is 11.5 Å². The van der Waals surface area contributed by atoms with Crippen molar-refractivity contribution < 1.29 is 9.84 Å². The summed E-state index contributed by atoms with van der Waals surface area (Å²) in [6, 6.07) is 13.3. The molecule has 0 spiro atoms. The third-order valence-corrected chi connectivity index (χ3v) is 2.85. The van der Waals surface area contributed by atoms with Crippen molar-refractivity contribution >= 4 is 6.08 Å². The first kappa shape index (κ1) is 9.97. The van der Waals surface area contributed by atoms with Gasteiger partial charge in [-0.25, -0.2) is 0 Å². The Morgan fingerprint density at radius 1 is 0.941 bits per heavy atom. The van der Waals surface area contributed by atoms with Crippen molar-refractivity contribution in [2.24, 2.45) is 0 Å². The Kier molecular flexibility index (Phi) is 2.33. The minimum absolute atomic E-state index is 0.283. The average molecular weight is 224 g/mol. The predicted molar refractivity (Wildman–Crippen MR) is 68.1 cm³/mol. The van der Waals surface area contributed by atoms with E-state index in [4.69, 9.17) is 4.74 Å². The molecule has 0 saturated heterocycles. The monoisotopic (exact) mass is 224 g/mol. The fraction of sp³-hybridized carbons (Fsp3) is 0.0667. The van der Waals surface area contributed by atoms with Gasteiger partial charge in [0.05, 0.1) is 0 Å². The van der Waals surface area contributed by atoms with Crippen molar-refractivity contribution in [1.29, 1.82) is 0 Å². The molecule has 0 bridgehead atoms. The highest BCUT2D eigenvalue weighted by molar-refractivity contribution is 5.70. The molecule has 2 heteroatoms. The lowest BCUT2D eigenvalue weighted by Gasteiger charge is -2.13. The molecule has 0 fully saturated rings. The van der Waals surface area contributed by atoms with Crippen LogP contribution in [0, 0.1) is 0 Å². The van der Waals surface area contributed by atoms with Crippen molar-refractivity contribution in [3.63, 3.8) is 0 Å². The SMILES string of the molecule is Oc1ccc(-c2ccc3c(c2)OCC=C3)cc1. The summed E-state index contributed by atoms with van der Waals surface area (Å²) in [6.45, 7) is 0.631. The highest BCUT2D eigenvalue weighted by Gasteiger charge is 2.07.